The molecule has 1 aliphatic rings. The van der Waals surface area contributed by atoms with Gasteiger partial charge in [0, 0.05) is 36.8 Å². The Balaban J connectivity index is 1.72. The first kappa shape index (κ1) is 18.7. The van der Waals surface area contributed by atoms with E-state index in [1.165, 1.54) is 0 Å². The summed E-state index contributed by atoms with van der Waals surface area (Å²) in [5.74, 6) is -0.0723. The van der Waals surface area contributed by atoms with Gasteiger partial charge in [0.2, 0.25) is 0 Å². The summed E-state index contributed by atoms with van der Waals surface area (Å²) in [4.78, 5) is 33.1. The van der Waals surface area contributed by atoms with E-state index >= 15 is 0 Å². The zero-order valence-corrected chi connectivity index (χ0v) is 17.0. The van der Waals surface area contributed by atoms with Crippen molar-refractivity contribution in [3.05, 3.63) is 34.2 Å². The average Bonchev–Trinajstić information content (AvgIpc) is 2.88. The first-order chi connectivity index (χ1) is 12.2. The molecule has 140 valence electrons. The summed E-state index contributed by atoms with van der Waals surface area (Å²) in [6, 6.07) is 3.77. The van der Waals surface area contributed by atoms with Gasteiger partial charge in [-0.3, -0.25) is 9.20 Å². The topological polar surface area (TPSA) is 67.2 Å². The van der Waals surface area contributed by atoms with Crippen LogP contribution in [0.1, 0.15) is 37.0 Å². The molecule has 8 heteroatoms. The summed E-state index contributed by atoms with van der Waals surface area (Å²) >= 11 is 3.44. The van der Waals surface area contributed by atoms with Crippen molar-refractivity contribution in [3.8, 4) is 0 Å². The lowest BCUT2D eigenvalue weighted by molar-refractivity contribution is 0.0140. The zero-order valence-electron chi connectivity index (χ0n) is 15.5. The molecular weight excluding hydrogens is 400 g/mol. The monoisotopic (exact) mass is 422 g/mol. The fraction of sp³-hybridized carbons (Fsp3) is 0.500. The van der Waals surface area contributed by atoms with Crippen molar-refractivity contribution in [1.82, 2.24) is 19.2 Å². The molecule has 0 spiro atoms. The van der Waals surface area contributed by atoms with Crippen LogP contribution in [0.4, 0.5) is 4.79 Å². The van der Waals surface area contributed by atoms with Crippen molar-refractivity contribution in [2.75, 3.05) is 26.2 Å². The number of aromatic nitrogens is 2. The van der Waals surface area contributed by atoms with Gasteiger partial charge in [0.05, 0.1) is 5.69 Å². The number of nitrogens with zero attached hydrogens (tertiary/aromatic N) is 4. The number of ether oxygens (including phenoxy) is 1. The molecule has 0 bridgehead atoms. The molecule has 0 aromatic carbocycles. The molecule has 7 nitrogen and oxygen atoms in total. The van der Waals surface area contributed by atoms with E-state index < -0.39 is 5.60 Å². The summed E-state index contributed by atoms with van der Waals surface area (Å²) in [6.07, 6.45) is 1.51. The highest BCUT2D eigenvalue weighted by Crippen LogP contribution is 2.19. The van der Waals surface area contributed by atoms with Gasteiger partial charge in [-0.15, -0.1) is 0 Å². The Morgan fingerprint density at radius 1 is 1.12 bits per heavy atom. The van der Waals surface area contributed by atoms with Gasteiger partial charge in [-0.05, 0) is 55.8 Å². The van der Waals surface area contributed by atoms with Gasteiger partial charge in [-0.2, -0.15) is 0 Å². The van der Waals surface area contributed by atoms with E-state index in [2.05, 4.69) is 20.9 Å². The van der Waals surface area contributed by atoms with Crippen LogP contribution in [0.2, 0.25) is 0 Å². The number of rotatable bonds is 1. The number of carbonyl (C=O) groups is 2. The van der Waals surface area contributed by atoms with E-state index in [1.54, 1.807) is 9.80 Å². The van der Waals surface area contributed by atoms with Gasteiger partial charge in [-0.1, -0.05) is 0 Å². The molecule has 1 aliphatic heterocycles. The van der Waals surface area contributed by atoms with Gasteiger partial charge in [0.1, 0.15) is 16.9 Å². The summed E-state index contributed by atoms with van der Waals surface area (Å²) in [7, 11) is 0. The molecule has 0 N–H and O–H groups in total. The molecule has 0 saturated carbocycles. The van der Waals surface area contributed by atoms with E-state index in [4.69, 9.17) is 4.74 Å². The number of hydrogen-bond acceptors (Lipinski definition) is 4. The smallest absolute Gasteiger partial charge is 0.410 e. The van der Waals surface area contributed by atoms with E-state index in [1.807, 2.05) is 50.4 Å². The maximum atomic E-state index is 13.0. The molecule has 1 saturated heterocycles. The normalized spacial score (nSPS) is 15.4. The van der Waals surface area contributed by atoms with E-state index in [9.17, 15) is 9.59 Å². The van der Waals surface area contributed by atoms with Gasteiger partial charge in [0.25, 0.3) is 5.91 Å². The van der Waals surface area contributed by atoms with Crippen LogP contribution in [0, 0.1) is 6.92 Å². The quantitative estimate of drug-likeness (QED) is 0.707. The SMILES string of the molecule is Cc1nc2ccc(Br)cn2c1C(=O)N1CCN(C(=O)OC(C)(C)C)CC1. The predicted octanol–water partition coefficient (Wildman–Crippen LogP) is 3.10. The van der Waals surface area contributed by atoms with E-state index in [0.29, 0.717) is 37.6 Å². The number of piperazine rings is 1. The van der Waals surface area contributed by atoms with Crippen LogP contribution >= 0.6 is 15.9 Å². The Morgan fingerprint density at radius 3 is 2.35 bits per heavy atom. The highest BCUT2D eigenvalue weighted by atomic mass is 79.9. The zero-order chi connectivity index (χ0) is 19.1. The number of imidazole rings is 1. The van der Waals surface area contributed by atoms with Crippen molar-refractivity contribution in [3.63, 3.8) is 0 Å². The number of halogens is 1. The minimum Gasteiger partial charge on any atom is -0.444 e. The van der Waals surface area contributed by atoms with Gasteiger partial charge in [-0.25, -0.2) is 9.78 Å². The maximum Gasteiger partial charge on any atom is 0.410 e. The van der Waals surface area contributed by atoms with Crippen molar-refractivity contribution >= 4 is 33.6 Å². The summed E-state index contributed by atoms with van der Waals surface area (Å²) in [5, 5.41) is 0. The lowest BCUT2D eigenvalue weighted by Crippen LogP contribution is -2.51. The molecule has 0 aliphatic carbocycles. The third-order valence-electron chi connectivity index (χ3n) is 4.18. The first-order valence-electron chi connectivity index (χ1n) is 8.57. The minimum atomic E-state index is -0.523. The van der Waals surface area contributed by atoms with E-state index in [0.717, 1.165) is 10.1 Å². The molecule has 3 rings (SSSR count). The Labute approximate surface area is 161 Å². The minimum absolute atomic E-state index is 0.0723. The van der Waals surface area contributed by atoms with Crippen LogP contribution in [0.3, 0.4) is 0 Å². The van der Waals surface area contributed by atoms with Gasteiger partial charge < -0.3 is 14.5 Å². The van der Waals surface area contributed by atoms with E-state index in [-0.39, 0.29) is 12.0 Å². The second-order valence-corrected chi connectivity index (χ2v) is 8.30. The molecular formula is C18H23BrN4O3. The molecule has 2 aromatic heterocycles. The number of fused-ring (bicyclic) bond motifs is 1. The summed E-state index contributed by atoms with van der Waals surface area (Å²) in [6.45, 7) is 9.23. The molecule has 0 radical (unpaired) electrons. The first-order valence-corrected chi connectivity index (χ1v) is 9.36. The molecule has 0 atom stereocenters. The number of amides is 2. The molecule has 1 fully saturated rings. The van der Waals surface area contributed by atoms with Crippen LogP contribution < -0.4 is 0 Å². The van der Waals surface area contributed by atoms with Crippen molar-refractivity contribution < 1.29 is 14.3 Å². The third-order valence-corrected chi connectivity index (χ3v) is 4.65. The van der Waals surface area contributed by atoms with Crippen LogP contribution in [0.25, 0.3) is 5.65 Å². The molecule has 26 heavy (non-hydrogen) atoms. The second-order valence-electron chi connectivity index (χ2n) is 7.38. The summed E-state index contributed by atoms with van der Waals surface area (Å²) < 4.78 is 8.09. The maximum absolute atomic E-state index is 13.0. The second kappa shape index (κ2) is 6.90. The highest BCUT2D eigenvalue weighted by molar-refractivity contribution is 9.10. The van der Waals surface area contributed by atoms with Crippen LogP contribution in [0.15, 0.2) is 22.8 Å². The van der Waals surface area contributed by atoms with Crippen molar-refractivity contribution in [1.29, 1.82) is 0 Å². The third kappa shape index (κ3) is 3.85. The fourth-order valence-electron chi connectivity index (χ4n) is 2.96. The predicted molar refractivity (Wildman–Crippen MR) is 101 cm³/mol. The van der Waals surface area contributed by atoms with Gasteiger partial charge in [0.15, 0.2) is 0 Å². The summed E-state index contributed by atoms with van der Waals surface area (Å²) in [5.41, 5.74) is 1.47. The molecule has 0 unspecified atom stereocenters. The van der Waals surface area contributed by atoms with Crippen LogP contribution in [0.5, 0.6) is 0 Å². The van der Waals surface area contributed by atoms with Gasteiger partial charge >= 0.3 is 6.09 Å². The lowest BCUT2D eigenvalue weighted by Gasteiger charge is -2.35. The Morgan fingerprint density at radius 2 is 1.73 bits per heavy atom. The lowest BCUT2D eigenvalue weighted by atomic mass is 10.2. The average molecular weight is 423 g/mol. The van der Waals surface area contributed by atoms with Crippen molar-refractivity contribution in [2.45, 2.75) is 33.3 Å². The van der Waals surface area contributed by atoms with Crippen LogP contribution in [-0.2, 0) is 4.74 Å². The Hall–Kier alpha value is -2.09. The molecule has 2 aromatic rings. The Bertz CT molecular complexity index is 848. The number of carbonyl (C=O) groups excluding carboxylic acids is 2. The molecule has 3 heterocycles. The standard InChI is InChI=1S/C18H23BrN4O3/c1-12-15(23-11-13(19)5-6-14(23)20-12)16(24)21-7-9-22(10-8-21)17(25)26-18(2,3)4/h5-6,11H,7-10H2,1-4H3. The van der Waals surface area contributed by atoms with Crippen LogP contribution in [-0.4, -0.2) is 63.0 Å². The molecule has 2 amide bonds. The number of aryl methyl sites for hydroxylation is 1. The number of pyridine rings is 1. The number of hydrogen-bond donors (Lipinski definition) is 0. The largest absolute Gasteiger partial charge is 0.444 e. The fourth-order valence-corrected chi connectivity index (χ4v) is 3.30. The Kier molecular flexibility index (Phi) is 4.96. The van der Waals surface area contributed by atoms with Crippen molar-refractivity contribution in [2.24, 2.45) is 0 Å². The highest BCUT2D eigenvalue weighted by Gasteiger charge is 2.30.